The summed E-state index contributed by atoms with van der Waals surface area (Å²) in [6.45, 7) is 7.56. The lowest BCUT2D eigenvalue weighted by molar-refractivity contribution is 0.574. The monoisotopic (exact) mass is 301 g/mol. The highest BCUT2D eigenvalue weighted by molar-refractivity contribution is 6.30. The molecule has 0 heterocycles. The Balaban J connectivity index is 1.90. The van der Waals surface area contributed by atoms with Crippen LogP contribution in [0.1, 0.15) is 43.5 Å². The van der Waals surface area contributed by atoms with Crippen molar-refractivity contribution in [3.05, 3.63) is 70.2 Å². The summed E-state index contributed by atoms with van der Waals surface area (Å²) in [4.78, 5) is 0. The third kappa shape index (κ3) is 5.18. The van der Waals surface area contributed by atoms with Crippen molar-refractivity contribution in [3.63, 3.8) is 0 Å². The summed E-state index contributed by atoms with van der Waals surface area (Å²) in [6.07, 6.45) is 1.15. The average molecular weight is 302 g/mol. The highest BCUT2D eigenvalue weighted by atomic mass is 35.5. The molecule has 0 aliphatic rings. The molecule has 0 amide bonds. The predicted octanol–water partition coefficient (Wildman–Crippen LogP) is 5.39. The van der Waals surface area contributed by atoms with Gasteiger partial charge in [0.1, 0.15) is 0 Å². The molecule has 0 fully saturated rings. The molecule has 0 aromatic heterocycles. The number of hydrogen-bond donors (Lipinski definition) is 1. The van der Waals surface area contributed by atoms with Crippen molar-refractivity contribution in [1.82, 2.24) is 5.32 Å². The minimum atomic E-state index is 0.341. The molecule has 0 saturated carbocycles. The molecule has 1 atom stereocenters. The van der Waals surface area contributed by atoms with E-state index in [4.69, 9.17) is 11.6 Å². The second-order valence-electron chi connectivity index (χ2n) is 6.07. The van der Waals surface area contributed by atoms with Crippen LogP contribution in [-0.4, -0.2) is 0 Å². The van der Waals surface area contributed by atoms with Gasteiger partial charge in [0.2, 0.25) is 0 Å². The van der Waals surface area contributed by atoms with Gasteiger partial charge >= 0.3 is 0 Å². The van der Waals surface area contributed by atoms with Gasteiger partial charge in [0.15, 0.2) is 0 Å². The van der Waals surface area contributed by atoms with Gasteiger partial charge in [-0.15, -0.1) is 0 Å². The molecule has 21 heavy (non-hydrogen) atoms. The van der Waals surface area contributed by atoms with Crippen molar-refractivity contribution < 1.29 is 0 Å². The largest absolute Gasteiger partial charge is 0.306 e. The van der Waals surface area contributed by atoms with E-state index < -0.39 is 0 Å². The van der Waals surface area contributed by atoms with Crippen molar-refractivity contribution in [1.29, 1.82) is 0 Å². The maximum absolute atomic E-state index is 5.90. The summed E-state index contributed by atoms with van der Waals surface area (Å²) < 4.78 is 0. The van der Waals surface area contributed by atoms with Crippen LogP contribution in [0.2, 0.25) is 5.02 Å². The Morgan fingerprint density at radius 2 is 1.43 bits per heavy atom. The second kappa shape index (κ2) is 7.63. The molecule has 0 bridgehead atoms. The number of benzene rings is 2. The Kier molecular flexibility index (Phi) is 5.84. The van der Waals surface area contributed by atoms with E-state index in [9.17, 15) is 0 Å². The molecule has 0 spiro atoms. The van der Waals surface area contributed by atoms with Crippen LogP contribution in [0.4, 0.5) is 0 Å². The first-order valence-electron chi connectivity index (χ1n) is 7.61. The molecule has 1 unspecified atom stereocenters. The molecular formula is C19H24ClN. The predicted molar refractivity (Wildman–Crippen MR) is 91.7 cm³/mol. The van der Waals surface area contributed by atoms with Gasteiger partial charge in [0.05, 0.1) is 0 Å². The van der Waals surface area contributed by atoms with E-state index in [0.717, 1.165) is 18.0 Å². The lowest BCUT2D eigenvalue weighted by Gasteiger charge is -2.15. The summed E-state index contributed by atoms with van der Waals surface area (Å²) in [5.74, 6) is 0.705. The zero-order valence-electron chi connectivity index (χ0n) is 13.1. The highest BCUT2D eigenvalue weighted by Crippen LogP contribution is 2.16. The van der Waals surface area contributed by atoms with E-state index in [1.54, 1.807) is 0 Å². The fourth-order valence-corrected chi connectivity index (χ4v) is 2.53. The lowest BCUT2D eigenvalue weighted by Crippen LogP contribution is -2.18. The van der Waals surface area contributed by atoms with Crippen molar-refractivity contribution in [2.45, 2.75) is 39.8 Å². The van der Waals surface area contributed by atoms with Crippen LogP contribution in [-0.2, 0) is 13.0 Å². The van der Waals surface area contributed by atoms with Crippen molar-refractivity contribution >= 4 is 11.6 Å². The third-order valence-corrected chi connectivity index (χ3v) is 3.90. The molecule has 2 rings (SSSR count). The van der Waals surface area contributed by atoms with Gasteiger partial charge in [-0.2, -0.15) is 0 Å². The Labute approximate surface area is 133 Å². The number of halogens is 1. The molecule has 2 heteroatoms. The van der Waals surface area contributed by atoms with E-state index >= 15 is 0 Å². The van der Waals surface area contributed by atoms with E-state index in [1.165, 1.54) is 16.7 Å². The van der Waals surface area contributed by atoms with Crippen LogP contribution in [0.3, 0.4) is 0 Å². The van der Waals surface area contributed by atoms with E-state index in [-0.39, 0.29) is 0 Å². The van der Waals surface area contributed by atoms with Crippen molar-refractivity contribution in [2.75, 3.05) is 0 Å². The summed E-state index contributed by atoms with van der Waals surface area (Å²) in [5, 5.41) is 4.34. The Morgan fingerprint density at radius 3 is 2.00 bits per heavy atom. The van der Waals surface area contributed by atoms with Crippen LogP contribution in [0.15, 0.2) is 48.5 Å². The summed E-state index contributed by atoms with van der Waals surface area (Å²) in [7, 11) is 0. The van der Waals surface area contributed by atoms with E-state index in [2.05, 4.69) is 62.5 Å². The first kappa shape index (κ1) is 16.1. The maximum Gasteiger partial charge on any atom is 0.0406 e. The Bertz CT molecular complexity index is 543. The van der Waals surface area contributed by atoms with Crippen molar-refractivity contribution in [2.24, 2.45) is 5.92 Å². The molecule has 2 aromatic rings. The molecule has 1 N–H and O–H groups in total. The highest BCUT2D eigenvalue weighted by Gasteiger charge is 2.05. The van der Waals surface area contributed by atoms with E-state index in [0.29, 0.717) is 12.0 Å². The summed E-state index contributed by atoms with van der Waals surface area (Å²) >= 11 is 5.90. The van der Waals surface area contributed by atoms with Gasteiger partial charge in [0, 0.05) is 17.6 Å². The fourth-order valence-electron chi connectivity index (χ4n) is 2.40. The molecular weight excluding hydrogens is 278 g/mol. The van der Waals surface area contributed by atoms with Gasteiger partial charge in [-0.25, -0.2) is 0 Å². The Morgan fingerprint density at radius 1 is 0.857 bits per heavy atom. The molecule has 0 aliphatic carbocycles. The smallest absolute Gasteiger partial charge is 0.0406 e. The topological polar surface area (TPSA) is 12.0 Å². The average Bonchev–Trinajstić information content (AvgIpc) is 2.46. The third-order valence-electron chi connectivity index (χ3n) is 3.65. The van der Waals surface area contributed by atoms with Gasteiger partial charge in [-0.1, -0.05) is 61.8 Å². The van der Waals surface area contributed by atoms with Crippen molar-refractivity contribution in [3.8, 4) is 0 Å². The van der Waals surface area contributed by atoms with Crippen LogP contribution in [0, 0.1) is 5.92 Å². The SMILES string of the molecule is CC(C)Cc1ccc(C(C)NCc2ccc(Cl)cc2)cc1. The number of nitrogens with one attached hydrogen (secondary N) is 1. The van der Waals surface area contributed by atoms with E-state index in [1.807, 2.05) is 12.1 Å². The molecule has 0 radical (unpaired) electrons. The lowest BCUT2D eigenvalue weighted by atomic mass is 10.00. The summed E-state index contributed by atoms with van der Waals surface area (Å²) in [5.41, 5.74) is 4.00. The van der Waals surface area contributed by atoms with Crippen LogP contribution >= 0.6 is 11.6 Å². The van der Waals surface area contributed by atoms with Gasteiger partial charge in [-0.3, -0.25) is 0 Å². The number of rotatable bonds is 6. The molecule has 1 nitrogen and oxygen atoms in total. The quantitative estimate of drug-likeness (QED) is 0.754. The first-order chi connectivity index (χ1) is 10.0. The Hall–Kier alpha value is -1.31. The zero-order valence-corrected chi connectivity index (χ0v) is 13.8. The minimum absolute atomic E-state index is 0.341. The van der Waals surface area contributed by atoms with Gasteiger partial charge in [0.25, 0.3) is 0 Å². The molecule has 2 aromatic carbocycles. The van der Waals surface area contributed by atoms with Crippen LogP contribution < -0.4 is 5.32 Å². The molecule has 0 aliphatic heterocycles. The van der Waals surface area contributed by atoms with Crippen LogP contribution in [0.25, 0.3) is 0 Å². The number of hydrogen-bond acceptors (Lipinski definition) is 1. The second-order valence-corrected chi connectivity index (χ2v) is 6.51. The van der Waals surface area contributed by atoms with Gasteiger partial charge in [-0.05, 0) is 48.1 Å². The minimum Gasteiger partial charge on any atom is -0.306 e. The molecule has 0 saturated heterocycles. The first-order valence-corrected chi connectivity index (χ1v) is 7.99. The standard InChI is InChI=1S/C19H24ClN/c1-14(2)12-16-4-8-18(9-5-16)15(3)21-13-17-6-10-19(20)11-7-17/h4-11,14-15,21H,12-13H2,1-3H3. The zero-order chi connectivity index (χ0) is 15.2. The molecule has 112 valence electrons. The van der Waals surface area contributed by atoms with Crippen LogP contribution in [0.5, 0.6) is 0 Å². The summed E-state index contributed by atoms with van der Waals surface area (Å²) in [6, 6.07) is 17.3. The normalized spacial score (nSPS) is 12.6. The maximum atomic E-state index is 5.90. The fraction of sp³-hybridized carbons (Fsp3) is 0.368. The van der Waals surface area contributed by atoms with Gasteiger partial charge < -0.3 is 5.32 Å².